The molecule has 1 unspecified atom stereocenters. The third kappa shape index (κ3) is 9.01. The molecule has 0 aromatic carbocycles. The molecule has 0 N–H and O–H groups in total. The Labute approximate surface area is 102 Å². The van der Waals surface area contributed by atoms with E-state index in [4.69, 9.17) is 23.2 Å². The number of hydrogen-bond donors (Lipinski definition) is 0. The fourth-order valence-corrected chi connectivity index (χ4v) is 1.69. The number of alkyl halides is 2. The molecule has 0 aliphatic carbocycles. The van der Waals surface area contributed by atoms with E-state index >= 15 is 0 Å². The molecule has 0 bridgehead atoms. The summed E-state index contributed by atoms with van der Waals surface area (Å²) in [4.78, 5) is 11.1. The van der Waals surface area contributed by atoms with Gasteiger partial charge in [-0.15, -0.1) is 11.6 Å². The number of carbonyl (C=O) groups is 1. The van der Waals surface area contributed by atoms with Crippen LogP contribution in [0.25, 0.3) is 0 Å². The average molecular weight is 255 g/mol. The molecule has 0 radical (unpaired) electrons. The third-order valence-electron chi connectivity index (χ3n) is 2.26. The molecule has 4 heteroatoms. The van der Waals surface area contributed by atoms with Crippen molar-refractivity contribution in [2.45, 2.75) is 57.2 Å². The van der Waals surface area contributed by atoms with Crippen molar-refractivity contribution in [2.24, 2.45) is 0 Å². The second-order valence-electron chi connectivity index (χ2n) is 3.60. The van der Waals surface area contributed by atoms with Crippen molar-refractivity contribution in [3.8, 4) is 0 Å². The first-order valence-electron chi connectivity index (χ1n) is 5.59. The monoisotopic (exact) mass is 254 g/mol. The van der Waals surface area contributed by atoms with Gasteiger partial charge in [0.15, 0.2) is 6.07 Å². The summed E-state index contributed by atoms with van der Waals surface area (Å²) in [5.74, 6) is -0.403. The van der Waals surface area contributed by atoms with Crippen LogP contribution in [0.1, 0.15) is 51.9 Å². The van der Waals surface area contributed by atoms with Crippen molar-refractivity contribution >= 4 is 29.2 Å². The molecule has 0 aromatic rings. The highest BCUT2D eigenvalue weighted by atomic mass is 35.5. The quantitative estimate of drug-likeness (QED) is 0.352. The fourth-order valence-electron chi connectivity index (χ4n) is 1.37. The summed E-state index contributed by atoms with van der Waals surface area (Å²) in [6.45, 7) is 2.19. The number of rotatable bonds is 9. The number of unbranched alkanes of at least 4 members (excludes halogenated alkanes) is 5. The standard InChI is InChI=1S/C11H20Cl2O2/c1-2-3-4-5-6-7-8-10(13)11(14)15-9-12/h10H,2-9H2,1H3. The van der Waals surface area contributed by atoms with Gasteiger partial charge in [0.1, 0.15) is 5.38 Å². The minimum absolute atomic E-state index is 0.113. The van der Waals surface area contributed by atoms with E-state index in [2.05, 4.69) is 11.7 Å². The van der Waals surface area contributed by atoms with Crippen LogP contribution in [-0.2, 0) is 9.53 Å². The van der Waals surface area contributed by atoms with Crippen LogP contribution in [0.3, 0.4) is 0 Å². The first-order chi connectivity index (χ1) is 7.22. The molecule has 15 heavy (non-hydrogen) atoms. The summed E-state index contributed by atoms with van der Waals surface area (Å²) in [6.07, 6.45) is 7.84. The zero-order valence-corrected chi connectivity index (χ0v) is 10.8. The van der Waals surface area contributed by atoms with Crippen LogP contribution >= 0.6 is 23.2 Å². The molecule has 0 amide bonds. The van der Waals surface area contributed by atoms with E-state index in [0.29, 0.717) is 6.42 Å². The smallest absolute Gasteiger partial charge is 0.325 e. The fraction of sp³-hybridized carbons (Fsp3) is 0.909. The van der Waals surface area contributed by atoms with Gasteiger partial charge in [-0.3, -0.25) is 4.79 Å². The van der Waals surface area contributed by atoms with Gasteiger partial charge in [-0.2, -0.15) is 0 Å². The van der Waals surface area contributed by atoms with Crippen LogP contribution in [0.15, 0.2) is 0 Å². The first-order valence-corrected chi connectivity index (χ1v) is 6.56. The SMILES string of the molecule is CCCCCCCCC(Cl)C(=O)OCCl. The Balaban J connectivity index is 3.30. The van der Waals surface area contributed by atoms with Crippen LogP contribution in [0.2, 0.25) is 0 Å². The molecular weight excluding hydrogens is 235 g/mol. The maximum Gasteiger partial charge on any atom is 0.325 e. The van der Waals surface area contributed by atoms with E-state index in [0.717, 1.165) is 12.8 Å². The van der Waals surface area contributed by atoms with E-state index in [-0.39, 0.29) is 6.07 Å². The van der Waals surface area contributed by atoms with E-state index in [1.54, 1.807) is 0 Å². The average Bonchev–Trinajstić information content (AvgIpc) is 2.23. The van der Waals surface area contributed by atoms with Crippen LogP contribution in [-0.4, -0.2) is 17.4 Å². The highest BCUT2D eigenvalue weighted by molar-refractivity contribution is 6.30. The lowest BCUT2D eigenvalue weighted by atomic mass is 10.1. The van der Waals surface area contributed by atoms with Crippen molar-refractivity contribution in [2.75, 3.05) is 6.07 Å². The van der Waals surface area contributed by atoms with Crippen molar-refractivity contribution in [1.29, 1.82) is 0 Å². The Kier molecular flexibility index (Phi) is 10.6. The molecular formula is C11H20Cl2O2. The number of esters is 1. The highest BCUT2D eigenvalue weighted by Gasteiger charge is 2.15. The topological polar surface area (TPSA) is 26.3 Å². The van der Waals surface area contributed by atoms with Crippen molar-refractivity contribution < 1.29 is 9.53 Å². The van der Waals surface area contributed by atoms with Gasteiger partial charge in [-0.25, -0.2) is 0 Å². The van der Waals surface area contributed by atoms with Crippen molar-refractivity contribution in [3.63, 3.8) is 0 Å². The van der Waals surface area contributed by atoms with E-state index in [1.807, 2.05) is 0 Å². The molecule has 90 valence electrons. The summed E-state index contributed by atoms with van der Waals surface area (Å²) in [5.41, 5.74) is 0. The van der Waals surface area contributed by atoms with Gasteiger partial charge < -0.3 is 4.74 Å². The van der Waals surface area contributed by atoms with Gasteiger partial charge in [0, 0.05) is 0 Å². The minimum atomic E-state index is -0.532. The largest absolute Gasteiger partial charge is 0.448 e. The molecule has 0 aromatic heterocycles. The maximum atomic E-state index is 11.1. The van der Waals surface area contributed by atoms with Crippen LogP contribution in [0.4, 0.5) is 0 Å². The molecule has 1 atom stereocenters. The molecule has 0 fully saturated rings. The van der Waals surface area contributed by atoms with Gasteiger partial charge in [0.25, 0.3) is 0 Å². The van der Waals surface area contributed by atoms with Gasteiger partial charge >= 0.3 is 5.97 Å². The number of ether oxygens (including phenoxy) is 1. The molecule has 0 heterocycles. The Morgan fingerprint density at radius 1 is 1.20 bits per heavy atom. The van der Waals surface area contributed by atoms with Crippen LogP contribution in [0.5, 0.6) is 0 Å². The summed E-state index contributed by atoms with van der Waals surface area (Å²) in [5, 5.41) is -0.532. The summed E-state index contributed by atoms with van der Waals surface area (Å²) in [7, 11) is 0. The van der Waals surface area contributed by atoms with Gasteiger partial charge in [0.05, 0.1) is 0 Å². The molecule has 0 rings (SSSR count). The minimum Gasteiger partial charge on any atom is -0.448 e. The molecule has 0 spiro atoms. The summed E-state index contributed by atoms with van der Waals surface area (Å²) >= 11 is 11.1. The maximum absolute atomic E-state index is 11.1. The molecule has 0 aliphatic heterocycles. The Bertz CT molecular complexity index is 163. The van der Waals surface area contributed by atoms with Crippen LogP contribution < -0.4 is 0 Å². The van der Waals surface area contributed by atoms with Crippen LogP contribution in [0, 0.1) is 0 Å². The second-order valence-corrected chi connectivity index (χ2v) is 4.34. The number of halogens is 2. The predicted molar refractivity (Wildman–Crippen MR) is 64.4 cm³/mol. The first kappa shape index (κ1) is 15.0. The van der Waals surface area contributed by atoms with E-state index in [1.165, 1.54) is 25.7 Å². The normalized spacial score (nSPS) is 12.5. The lowest BCUT2D eigenvalue weighted by Gasteiger charge is -2.07. The predicted octanol–water partition coefficient (Wildman–Crippen LogP) is 4.08. The highest BCUT2D eigenvalue weighted by Crippen LogP contribution is 2.13. The lowest BCUT2D eigenvalue weighted by molar-refractivity contribution is -0.141. The van der Waals surface area contributed by atoms with Gasteiger partial charge in [-0.05, 0) is 6.42 Å². The second kappa shape index (κ2) is 10.6. The molecule has 0 saturated carbocycles. The lowest BCUT2D eigenvalue weighted by Crippen LogP contribution is -2.17. The van der Waals surface area contributed by atoms with E-state index < -0.39 is 11.3 Å². The van der Waals surface area contributed by atoms with E-state index in [9.17, 15) is 4.79 Å². The summed E-state index contributed by atoms with van der Waals surface area (Å²) in [6, 6.07) is -0.113. The Morgan fingerprint density at radius 2 is 1.80 bits per heavy atom. The van der Waals surface area contributed by atoms with Gasteiger partial charge in [-0.1, -0.05) is 57.0 Å². The molecule has 2 nitrogen and oxygen atoms in total. The van der Waals surface area contributed by atoms with Gasteiger partial charge in [0.2, 0.25) is 0 Å². The zero-order chi connectivity index (χ0) is 11.5. The third-order valence-corrected chi connectivity index (χ3v) is 2.77. The number of hydrogen-bond acceptors (Lipinski definition) is 2. The molecule has 0 aliphatic rings. The number of carbonyl (C=O) groups excluding carboxylic acids is 1. The molecule has 0 saturated heterocycles. The van der Waals surface area contributed by atoms with Crippen molar-refractivity contribution in [3.05, 3.63) is 0 Å². The Morgan fingerprint density at radius 3 is 2.40 bits per heavy atom. The van der Waals surface area contributed by atoms with Crippen molar-refractivity contribution in [1.82, 2.24) is 0 Å². The zero-order valence-electron chi connectivity index (χ0n) is 9.31. The summed E-state index contributed by atoms with van der Waals surface area (Å²) < 4.78 is 4.59. The Hall–Kier alpha value is 0.0500.